The van der Waals surface area contributed by atoms with Crippen LogP contribution in [0, 0.1) is 12.8 Å². The van der Waals surface area contributed by atoms with Crippen molar-refractivity contribution in [3.63, 3.8) is 0 Å². The summed E-state index contributed by atoms with van der Waals surface area (Å²) in [4.78, 5) is 6.88. The van der Waals surface area contributed by atoms with E-state index < -0.39 is 0 Å². The second kappa shape index (κ2) is 8.30. The van der Waals surface area contributed by atoms with Gasteiger partial charge in [-0.1, -0.05) is 25.1 Å². The summed E-state index contributed by atoms with van der Waals surface area (Å²) in [5, 5.41) is 6.95. The molecule has 2 aromatic rings. The Morgan fingerprint density at radius 3 is 2.76 bits per heavy atom. The van der Waals surface area contributed by atoms with Crippen molar-refractivity contribution in [3.05, 3.63) is 53.7 Å². The first-order chi connectivity index (χ1) is 12.1. The largest absolute Gasteiger partial charge is 0.371 e. The van der Waals surface area contributed by atoms with Gasteiger partial charge in [0.25, 0.3) is 0 Å². The highest BCUT2D eigenvalue weighted by atomic mass is 32.1. The third kappa shape index (κ3) is 5.16. The van der Waals surface area contributed by atoms with Gasteiger partial charge in [0.2, 0.25) is 0 Å². The first-order valence-corrected chi connectivity index (χ1v) is 9.33. The molecule has 1 aliphatic rings. The maximum Gasteiger partial charge on any atom is 0.172 e. The molecule has 1 aromatic carbocycles. The monoisotopic (exact) mass is 354 g/mol. The molecule has 2 N–H and O–H groups in total. The molecule has 0 saturated carbocycles. The SMILES string of the molecule is Cc1cccc(NC(=S)NCc2ccc(N3CCC[C@H](C)C3)cc2)n1. The number of hydrogen-bond acceptors (Lipinski definition) is 3. The molecule has 25 heavy (non-hydrogen) atoms. The van der Waals surface area contributed by atoms with Crippen LogP contribution >= 0.6 is 12.2 Å². The lowest BCUT2D eigenvalue weighted by molar-refractivity contribution is 0.447. The van der Waals surface area contributed by atoms with Crippen LogP contribution < -0.4 is 15.5 Å². The maximum absolute atomic E-state index is 5.35. The molecule has 1 fully saturated rings. The Hall–Kier alpha value is -2.14. The van der Waals surface area contributed by atoms with Gasteiger partial charge in [-0.3, -0.25) is 0 Å². The zero-order valence-corrected chi connectivity index (χ0v) is 15.8. The second-order valence-corrected chi connectivity index (χ2v) is 7.24. The Morgan fingerprint density at radius 2 is 2.04 bits per heavy atom. The molecule has 0 radical (unpaired) electrons. The number of hydrogen-bond donors (Lipinski definition) is 2. The molecule has 1 saturated heterocycles. The van der Waals surface area contributed by atoms with Crippen LogP contribution in [0.4, 0.5) is 11.5 Å². The van der Waals surface area contributed by atoms with E-state index >= 15 is 0 Å². The zero-order chi connectivity index (χ0) is 17.6. The molecule has 3 rings (SSSR count). The topological polar surface area (TPSA) is 40.2 Å². The number of pyridine rings is 1. The predicted molar refractivity (Wildman–Crippen MR) is 109 cm³/mol. The van der Waals surface area contributed by atoms with Crippen molar-refractivity contribution in [2.24, 2.45) is 5.92 Å². The number of piperidine rings is 1. The number of aromatic nitrogens is 1. The standard InChI is InChI=1S/C20H26N4S/c1-15-5-4-12-24(14-15)18-10-8-17(9-11-18)13-21-20(25)23-19-7-3-6-16(2)22-19/h3,6-11,15H,4-5,12-14H2,1-2H3,(H2,21,22,23,25)/t15-/m0/s1. The van der Waals surface area contributed by atoms with Crippen molar-refractivity contribution in [1.29, 1.82) is 0 Å². The summed E-state index contributed by atoms with van der Waals surface area (Å²) in [5.41, 5.74) is 3.51. The van der Waals surface area contributed by atoms with Crippen LogP contribution in [0.2, 0.25) is 0 Å². The lowest BCUT2D eigenvalue weighted by Gasteiger charge is -2.32. The van der Waals surface area contributed by atoms with Crippen LogP contribution in [-0.4, -0.2) is 23.2 Å². The molecule has 1 atom stereocenters. The van der Waals surface area contributed by atoms with Gasteiger partial charge in [-0.15, -0.1) is 0 Å². The van der Waals surface area contributed by atoms with E-state index in [1.165, 1.54) is 30.6 Å². The summed E-state index contributed by atoms with van der Waals surface area (Å²) in [7, 11) is 0. The molecule has 132 valence electrons. The van der Waals surface area contributed by atoms with E-state index in [2.05, 4.69) is 51.7 Å². The second-order valence-electron chi connectivity index (χ2n) is 6.83. The molecule has 1 aliphatic heterocycles. The van der Waals surface area contributed by atoms with Crippen LogP contribution in [0.5, 0.6) is 0 Å². The fourth-order valence-corrected chi connectivity index (χ4v) is 3.38. The smallest absolute Gasteiger partial charge is 0.172 e. The lowest BCUT2D eigenvalue weighted by Crippen LogP contribution is -2.34. The average molecular weight is 355 g/mol. The van der Waals surface area contributed by atoms with Crippen molar-refractivity contribution in [1.82, 2.24) is 10.3 Å². The zero-order valence-electron chi connectivity index (χ0n) is 15.0. The van der Waals surface area contributed by atoms with Gasteiger partial charge in [0.05, 0.1) is 0 Å². The molecule has 0 amide bonds. The van der Waals surface area contributed by atoms with Gasteiger partial charge in [-0.25, -0.2) is 4.98 Å². The Labute approximate surface area is 155 Å². The van der Waals surface area contributed by atoms with Gasteiger partial charge < -0.3 is 15.5 Å². The summed E-state index contributed by atoms with van der Waals surface area (Å²) < 4.78 is 0. The van der Waals surface area contributed by atoms with E-state index in [0.29, 0.717) is 11.7 Å². The van der Waals surface area contributed by atoms with Crippen LogP contribution in [-0.2, 0) is 6.54 Å². The van der Waals surface area contributed by atoms with Crippen LogP contribution in [0.15, 0.2) is 42.5 Å². The number of thiocarbonyl (C=S) groups is 1. The minimum absolute atomic E-state index is 0.590. The van der Waals surface area contributed by atoms with Gasteiger partial charge in [0.1, 0.15) is 5.82 Å². The van der Waals surface area contributed by atoms with Gasteiger partial charge in [-0.2, -0.15) is 0 Å². The number of aryl methyl sites for hydroxylation is 1. The van der Waals surface area contributed by atoms with Crippen molar-refractivity contribution >= 4 is 28.8 Å². The maximum atomic E-state index is 5.35. The van der Waals surface area contributed by atoms with Crippen LogP contribution in [0.25, 0.3) is 0 Å². The Bertz CT molecular complexity index is 714. The third-order valence-electron chi connectivity index (χ3n) is 4.54. The molecule has 0 unspecified atom stereocenters. The van der Waals surface area contributed by atoms with Crippen LogP contribution in [0.1, 0.15) is 31.0 Å². The van der Waals surface area contributed by atoms with E-state index in [4.69, 9.17) is 12.2 Å². The summed E-state index contributed by atoms with van der Waals surface area (Å²) >= 11 is 5.35. The summed E-state index contributed by atoms with van der Waals surface area (Å²) in [5.74, 6) is 1.56. The van der Waals surface area contributed by atoms with Gasteiger partial charge >= 0.3 is 0 Å². The Balaban J connectivity index is 1.50. The quantitative estimate of drug-likeness (QED) is 0.809. The molecule has 4 nitrogen and oxygen atoms in total. The van der Waals surface area contributed by atoms with E-state index in [9.17, 15) is 0 Å². The first-order valence-electron chi connectivity index (χ1n) is 8.92. The first kappa shape index (κ1) is 17.7. The predicted octanol–water partition coefficient (Wildman–Crippen LogP) is 4.11. The Morgan fingerprint density at radius 1 is 1.24 bits per heavy atom. The van der Waals surface area contributed by atoms with Crippen molar-refractivity contribution in [3.8, 4) is 0 Å². The molecule has 1 aromatic heterocycles. The van der Waals surface area contributed by atoms with E-state index in [-0.39, 0.29) is 0 Å². The van der Waals surface area contributed by atoms with Gasteiger partial charge in [0.15, 0.2) is 5.11 Å². The van der Waals surface area contributed by atoms with E-state index in [1.807, 2.05) is 25.1 Å². The molecule has 0 spiro atoms. The minimum Gasteiger partial charge on any atom is -0.371 e. The normalized spacial score (nSPS) is 17.2. The number of nitrogens with zero attached hydrogens (tertiary/aromatic N) is 2. The van der Waals surface area contributed by atoms with Crippen molar-refractivity contribution in [2.75, 3.05) is 23.3 Å². The van der Waals surface area contributed by atoms with Crippen molar-refractivity contribution < 1.29 is 0 Å². The molecule has 0 bridgehead atoms. The van der Waals surface area contributed by atoms with Gasteiger partial charge in [0, 0.05) is 31.0 Å². The number of nitrogens with one attached hydrogen (secondary N) is 2. The number of benzene rings is 1. The highest BCUT2D eigenvalue weighted by Gasteiger charge is 2.16. The van der Waals surface area contributed by atoms with Crippen molar-refractivity contribution in [2.45, 2.75) is 33.2 Å². The summed E-state index contributed by atoms with van der Waals surface area (Å²) in [6, 6.07) is 14.6. The Kier molecular flexibility index (Phi) is 5.87. The fraction of sp³-hybridized carbons (Fsp3) is 0.400. The third-order valence-corrected chi connectivity index (χ3v) is 4.79. The summed E-state index contributed by atoms with van der Waals surface area (Å²) in [6.45, 7) is 7.33. The fourth-order valence-electron chi connectivity index (χ4n) is 3.20. The summed E-state index contributed by atoms with van der Waals surface area (Å²) in [6.07, 6.45) is 2.64. The molecule has 5 heteroatoms. The highest BCUT2D eigenvalue weighted by Crippen LogP contribution is 2.23. The van der Waals surface area contributed by atoms with E-state index in [1.54, 1.807) is 0 Å². The molecular formula is C20H26N4S. The number of anilines is 2. The average Bonchev–Trinajstić information content (AvgIpc) is 2.60. The minimum atomic E-state index is 0.590. The molecule has 0 aliphatic carbocycles. The molecular weight excluding hydrogens is 328 g/mol. The van der Waals surface area contributed by atoms with Gasteiger partial charge in [-0.05, 0) is 67.7 Å². The highest BCUT2D eigenvalue weighted by molar-refractivity contribution is 7.80. The van der Waals surface area contributed by atoms with E-state index in [0.717, 1.165) is 24.0 Å². The number of rotatable bonds is 4. The van der Waals surface area contributed by atoms with Crippen LogP contribution in [0.3, 0.4) is 0 Å². The molecule has 2 heterocycles. The lowest BCUT2D eigenvalue weighted by atomic mass is 9.99.